The van der Waals surface area contributed by atoms with Crippen LogP contribution in [0.25, 0.3) is 0 Å². The van der Waals surface area contributed by atoms with E-state index in [9.17, 15) is 20.4 Å². The second-order valence-electron chi connectivity index (χ2n) is 30.7. The van der Waals surface area contributed by atoms with Crippen LogP contribution in [0.2, 0.25) is 0 Å². The first-order valence-corrected chi connectivity index (χ1v) is 43.5. The lowest BCUT2D eigenvalue weighted by molar-refractivity contribution is -0.0200. The third-order valence-corrected chi connectivity index (χ3v) is 21.7. The van der Waals surface area contributed by atoms with Gasteiger partial charge in [0.2, 0.25) is 0 Å². The summed E-state index contributed by atoms with van der Waals surface area (Å²) in [6.45, 7) is 44.6. The Hall–Kier alpha value is -0.720. The van der Waals surface area contributed by atoms with Crippen molar-refractivity contribution in [3.8, 4) is 0 Å². The Morgan fingerprint density at radius 3 is 1.17 bits per heavy atom. The molecule has 0 spiro atoms. The molecule has 6 saturated heterocycles. The summed E-state index contributed by atoms with van der Waals surface area (Å²) >= 11 is 0. The van der Waals surface area contributed by atoms with E-state index in [1.165, 1.54) is 154 Å². The lowest BCUT2D eigenvalue weighted by Gasteiger charge is -2.30. The summed E-state index contributed by atoms with van der Waals surface area (Å²) in [6.07, 6.45) is 45.8. The van der Waals surface area contributed by atoms with Crippen molar-refractivity contribution in [1.29, 1.82) is 0 Å². The molecular formula is C84H180N6O12. The highest BCUT2D eigenvalue weighted by Gasteiger charge is 2.25. The van der Waals surface area contributed by atoms with E-state index in [1.807, 2.05) is 6.92 Å². The summed E-state index contributed by atoms with van der Waals surface area (Å²) in [6, 6.07) is 0.468. The first-order chi connectivity index (χ1) is 49.1. The third-order valence-electron chi connectivity index (χ3n) is 21.7. The van der Waals surface area contributed by atoms with Gasteiger partial charge in [0.25, 0.3) is 0 Å². The first-order valence-electron chi connectivity index (χ1n) is 43.5. The number of rotatable bonds is 23. The fraction of sp³-hybridized carbons (Fsp3) is 1.00. The van der Waals surface area contributed by atoms with Crippen LogP contribution in [0, 0.1) is 17.8 Å². The molecule has 9 fully saturated rings. The third kappa shape index (κ3) is 62.1. The largest absolute Gasteiger partial charge is 0.396 e. The summed E-state index contributed by atoms with van der Waals surface area (Å²) in [4.78, 5) is 13.4. The molecule has 0 amide bonds. The molecule has 102 heavy (non-hydrogen) atoms. The van der Waals surface area contributed by atoms with Crippen molar-refractivity contribution < 1.29 is 61.3 Å². The Bertz CT molecular complexity index is 1620. The molecule has 18 nitrogen and oxygen atoms in total. The lowest BCUT2D eigenvalue weighted by Crippen LogP contribution is -2.38. The van der Waals surface area contributed by atoms with Crippen molar-refractivity contribution in [2.45, 2.75) is 408 Å². The van der Waals surface area contributed by atoms with Gasteiger partial charge in [-0.25, -0.2) is 0 Å². The van der Waals surface area contributed by atoms with E-state index in [-0.39, 0.29) is 55.2 Å². The number of aliphatic hydroxyl groups excluding tert-OH is 12. The summed E-state index contributed by atoms with van der Waals surface area (Å²) in [5.41, 5.74) is 0. The molecule has 18 heteroatoms. The van der Waals surface area contributed by atoms with Crippen LogP contribution in [0.4, 0.5) is 0 Å². The van der Waals surface area contributed by atoms with Gasteiger partial charge in [-0.2, -0.15) is 0 Å². The predicted octanol–water partition coefficient (Wildman–Crippen LogP) is 14.0. The maximum atomic E-state index is 9.50. The minimum atomic E-state index is -0.149. The number of likely N-dealkylation sites (N-methyl/N-ethyl adjacent to an activating group) is 3. The fourth-order valence-electron chi connectivity index (χ4n) is 14.8. The maximum Gasteiger partial charge on any atom is 0.107 e. The molecule has 0 bridgehead atoms. The van der Waals surface area contributed by atoms with Crippen LogP contribution in [0.15, 0.2) is 0 Å². The van der Waals surface area contributed by atoms with Crippen LogP contribution in [-0.2, 0) is 0 Å². The van der Waals surface area contributed by atoms with Crippen molar-refractivity contribution in [3.05, 3.63) is 0 Å². The summed E-state index contributed by atoms with van der Waals surface area (Å²) in [7, 11) is 0. The zero-order valence-corrected chi connectivity index (χ0v) is 69.6. The molecule has 0 radical (unpaired) electrons. The zero-order valence-electron chi connectivity index (χ0n) is 69.6. The Morgan fingerprint density at radius 2 is 0.765 bits per heavy atom. The minimum absolute atomic E-state index is 0.0188. The molecule has 0 aromatic rings. The number of hydrogen-bond donors (Lipinski definition) is 12. The first kappa shape index (κ1) is 105. The van der Waals surface area contributed by atoms with Crippen LogP contribution in [0.3, 0.4) is 0 Å². The van der Waals surface area contributed by atoms with E-state index in [1.54, 1.807) is 0 Å². The number of unbranched alkanes of at least 4 members (excludes halogenated alkanes) is 6. The van der Waals surface area contributed by atoms with Gasteiger partial charge in [0.05, 0.1) is 49.3 Å². The van der Waals surface area contributed by atoms with Crippen LogP contribution >= 0.6 is 0 Å². The highest BCUT2D eigenvalue weighted by atomic mass is 16.3. The van der Waals surface area contributed by atoms with Gasteiger partial charge in [-0.3, -0.25) is 14.7 Å². The molecular weight excluding hydrogens is 1280 g/mol. The normalized spacial score (nSPS) is 27.3. The fourth-order valence-corrected chi connectivity index (χ4v) is 14.8. The van der Waals surface area contributed by atoms with E-state index in [0.717, 1.165) is 212 Å². The second-order valence-corrected chi connectivity index (χ2v) is 30.7. The summed E-state index contributed by atoms with van der Waals surface area (Å²) < 4.78 is 0. The average Bonchev–Trinajstić information content (AvgIpc) is 1.22. The van der Waals surface area contributed by atoms with Gasteiger partial charge in [-0.15, -0.1) is 0 Å². The molecule has 3 aliphatic carbocycles. The van der Waals surface area contributed by atoms with Gasteiger partial charge in [0, 0.05) is 65.1 Å². The number of piperidine rings is 3. The molecule has 9 aliphatic rings. The van der Waals surface area contributed by atoms with Gasteiger partial charge in [-0.05, 0) is 231 Å². The standard InChI is InChI=1S/3C9H18O.4C7H15NO.2C6H13NO.2C6H14O.C5H12O/c1-2-5-8-6-3-4-7-9(8)10;1-2-4-8-5-3-6-9(10)7-8;1-2-3-8-4-6-9(10)7-5-8;1-2-8-5-3-7(9)4-6-8;1-2-8-5-3-4-7(8)6-9;1-2-8-5-3-4-7(9)6-8;1-2-8-6-4-3-5-7(8)9;1-2-7-4-3-6(8)5-7;1-2-7-5-3-4-6(7)8;1-3-4-5-6(2)7;1-2-3-4-5-6-7;1-2-3-4-5-6/h3*8-10H,2-7H2,1H3;4*7,9H,2-6H2,1H3;2*6,8H,2-5H2,1H3;6-7H,3-5H2,1-2H3;7H,2-6H2,1H3;6H,2-5H2,1H3. The molecule has 10 unspecified atom stereocenters. The number of likely N-dealkylation sites (tertiary alicyclic amines) is 6. The van der Waals surface area contributed by atoms with Crippen LogP contribution in [0.1, 0.15) is 347 Å². The van der Waals surface area contributed by atoms with Crippen LogP contribution < -0.4 is 0 Å². The summed E-state index contributed by atoms with van der Waals surface area (Å²) in [5, 5.41) is 108. The molecule has 9 rings (SSSR count). The SMILES string of the molecule is CCCC1CCC(O)CC1.CCCC1CCCC(O)C1.CCCC1CCCCC1O.CCCCC(C)O.CCCCCCO.CCCCCO.CCN1CCC(O)C1.CCN1CCC(O)CC1.CCN1CCCC(O)C1.CCN1CCCC1CO.CCN1CCCC1O.CCN1CCCCC1O. The van der Waals surface area contributed by atoms with E-state index in [4.69, 9.17) is 40.9 Å². The molecule has 6 heterocycles. The number of β-amino-alcohol motifs (C(OH)–C–C–N with tert-alkyl or cyclic N) is 2. The average molecular weight is 1470 g/mol. The van der Waals surface area contributed by atoms with Crippen molar-refractivity contribution in [1.82, 2.24) is 29.4 Å². The van der Waals surface area contributed by atoms with Crippen LogP contribution in [0.5, 0.6) is 0 Å². The van der Waals surface area contributed by atoms with Gasteiger partial charge in [0.15, 0.2) is 0 Å². The molecule has 12 N–H and O–H groups in total. The topological polar surface area (TPSA) is 262 Å². The molecule has 6 aliphatic heterocycles. The lowest BCUT2D eigenvalue weighted by atomic mass is 9.84. The Kier molecular flexibility index (Phi) is 78.2. The van der Waals surface area contributed by atoms with E-state index in [0.29, 0.717) is 31.8 Å². The smallest absolute Gasteiger partial charge is 0.107 e. The quantitative estimate of drug-likeness (QED) is 0.0424. The molecule has 10 atom stereocenters. The molecule has 0 aromatic heterocycles. The summed E-state index contributed by atoms with van der Waals surface area (Å²) in [5.74, 6) is 2.38. The van der Waals surface area contributed by atoms with E-state index in [2.05, 4.69) is 112 Å². The van der Waals surface area contributed by atoms with Crippen LogP contribution in [-0.4, -0.2) is 270 Å². The van der Waals surface area contributed by atoms with Crippen molar-refractivity contribution in [2.24, 2.45) is 17.8 Å². The Balaban J connectivity index is -0.00000105. The second kappa shape index (κ2) is 75.7. The highest BCUT2D eigenvalue weighted by Crippen LogP contribution is 2.30. The highest BCUT2D eigenvalue weighted by molar-refractivity contribution is 4.78. The predicted molar refractivity (Wildman–Crippen MR) is 432 cm³/mol. The van der Waals surface area contributed by atoms with Gasteiger partial charge in [0.1, 0.15) is 12.5 Å². The Labute approximate surface area is 631 Å². The van der Waals surface area contributed by atoms with E-state index < -0.39 is 0 Å². The number of aliphatic hydroxyl groups is 12. The Morgan fingerprint density at radius 1 is 0.324 bits per heavy atom. The monoisotopic (exact) mass is 1470 g/mol. The maximum absolute atomic E-state index is 9.50. The van der Waals surface area contributed by atoms with E-state index >= 15 is 0 Å². The van der Waals surface area contributed by atoms with Crippen molar-refractivity contribution in [3.63, 3.8) is 0 Å². The molecule has 618 valence electrons. The van der Waals surface area contributed by atoms with Gasteiger partial charge in [-0.1, -0.05) is 186 Å². The van der Waals surface area contributed by atoms with Crippen molar-refractivity contribution >= 4 is 0 Å². The van der Waals surface area contributed by atoms with Gasteiger partial charge < -0.3 is 76.0 Å². The molecule has 3 saturated carbocycles. The minimum Gasteiger partial charge on any atom is -0.396 e. The number of hydrogen-bond acceptors (Lipinski definition) is 18. The zero-order chi connectivity index (χ0) is 77.0. The van der Waals surface area contributed by atoms with Crippen molar-refractivity contribution in [2.75, 3.05) is 118 Å². The molecule has 0 aromatic carbocycles. The number of nitrogens with zero attached hydrogens (tertiary/aromatic N) is 6. The van der Waals surface area contributed by atoms with Gasteiger partial charge >= 0.3 is 0 Å².